The molecule has 0 aromatic heterocycles. The van der Waals surface area contributed by atoms with Crippen LogP contribution in [0.2, 0.25) is 0 Å². The zero-order chi connectivity index (χ0) is 32.2. The van der Waals surface area contributed by atoms with E-state index in [1.807, 2.05) is 69.9 Å². The lowest BCUT2D eigenvalue weighted by Crippen LogP contribution is -2.51. The molecular formula is C36H60N4OS. The SMILES string of the molecule is C/C=C\C(=C/C)CNC(=S)N1CCC(N(C(C)=O)c2ccccc2C)CC1.C=CC/C=C\C/C=C\C.CC.CCCN. The molecule has 3 N–H and O–H groups in total. The first kappa shape index (κ1) is 41.2. The molecule has 1 fully saturated rings. The van der Waals surface area contributed by atoms with Gasteiger partial charge in [-0.25, -0.2) is 0 Å². The van der Waals surface area contributed by atoms with Gasteiger partial charge in [-0.05, 0) is 95.8 Å². The highest BCUT2D eigenvalue weighted by Gasteiger charge is 2.28. The molecule has 1 aliphatic heterocycles. The smallest absolute Gasteiger partial charge is 0.224 e. The Labute approximate surface area is 264 Å². The number of hydrogen-bond acceptors (Lipinski definition) is 3. The van der Waals surface area contributed by atoms with Crippen LogP contribution < -0.4 is 16.0 Å². The number of thiocarbonyl (C=S) groups is 1. The summed E-state index contributed by atoms with van der Waals surface area (Å²) in [5.41, 5.74) is 8.40. The zero-order valence-electron chi connectivity index (χ0n) is 27.9. The lowest BCUT2D eigenvalue weighted by molar-refractivity contribution is -0.117. The highest BCUT2D eigenvalue weighted by molar-refractivity contribution is 7.80. The van der Waals surface area contributed by atoms with Crippen LogP contribution in [-0.2, 0) is 4.79 Å². The summed E-state index contributed by atoms with van der Waals surface area (Å²) in [4.78, 5) is 16.5. The van der Waals surface area contributed by atoms with Crippen molar-refractivity contribution in [1.82, 2.24) is 10.2 Å². The number of hydrogen-bond donors (Lipinski definition) is 2. The molecule has 5 nitrogen and oxygen atoms in total. The summed E-state index contributed by atoms with van der Waals surface area (Å²) >= 11 is 5.58. The van der Waals surface area contributed by atoms with E-state index in [0.29, 0.717) is 0 Å². The molecule has 1 aromatic carbocycles. The highest BCUT2D eigenvalue weighted by atomic mass is 32.1. The molecule has 1 saturated heterocycles. The third kappa shape index (κ3) is 18.5. The fraction of sp³-hybridized carbons (Fsp3) is 0.500. The normalized spacial score (nSPS) is 13.5. The van der Waals surface area contributed by atoms with E-state index in [4.69, 9.17) is 18.0 Å². The lowest BCUT2D eigenvalue weighted by atomic mass is 10.0. The number of amides is 1. The number of piperidine rings is 1. The van der Waals surface area contributed by atoms with Gasteiger partial charge in [-0.2, -0.15) is 0 Å². The number of nitrogens with two attached hydrogens (primary N) is 1. The van der Waals surface area contributed by atoms with E-state index in [0.717, 1.165) is 74.6 Å². The van der Waals surface area contributed by atoms with Crippen LogP contribution in [0.1, 0.15) is 86.1 Å². The average Bonchev–Trinajstić information content (AvgIpc) is 3.01. The van der Waals surface area contributed by atoms with Gasteiger partial charge in [-0.15, -0.1) is 6.58 Å². The van der Waals surface area contributed by atoms with Crippen LogP contribution in [0.25, 0.3) is 0 Å². The van der Waals surface area contributed by atoms with Gasteiger partial charge < -0.3 is 20.9 Å². The van der Waals surface area contributed by atoms with Crippen LogP contribution in [0.15, 0.2) is 85.0 Å². The van der Waals surface area contributed by atoms with Crippen molar-refractivity contribution < 1.29 is 4.79 Å². The molecule has 1 heterocycles. The van der Waals surface area contributed by atoms with Crippen molar-refractivity contribution in [2.45, 2.75) is 93.5 Å². The number of aryl methyl sites for hydroxylation is 1. The Morgan fingerprint density at radius 3 is 2.17 bits per heavy atom. The summed E-state index contributed by atoms with van der Waals surface area (Å²) in [6.45, 7) is 22.7. The zero-order valence-corrected chi connectivity index (χ0v) is 28.7. The second kappa shape index (κ2) is 28.2. The molecule has 0 bridgehead atoms. The van der Waals surface area contributed by atoms with Crippen molar-refractivity contribution >= 4 is 28.9 Å². The Hall–Kier alpha value is -2.96. The van der Waals surface area contributed by atoms with Gasteiger partial charge in [-0.1, -0.05) is 87.6 Å². The van der Waals surface area contributed by atoms with E-state index in [2.05, 4.69) is 73.2 Å². The molecule has 0 unspecified atom stereocenters. The molecule has 0 spiro atoms. The fourth-order valence-corrected chi connectivity index (χ4v) is 4.30. The molecule has 42 heavy (non-hydrogen) atoms. The molecule has 2 rings (SSSR count). The first-order valence-electron chi connectivity index (χ1n) is 15.5. The maximum atomic E-state index is 12.3. The number of benzene rings is 1. The minimum atomic E-state index is 0.104. The van der Waals surface area contributed by atoms with Crippen molar-refractivity contribution in [3.8, 4) is 0 Å². The van der Waals surface area contributed by atoms with E-state index < -0.39 is 0 Å². The topological polar surface area (TPSA) is 61.6 Å². The second-order valence-corrected chi connectivity index (χ2v) is 9.89. The van der Waals surface area contributed by atoms with Crippen LogP contribution in [0, 0.1) is 6.92 Å². The standard InChI is InChI=1S/C22H31N3OS.C9H14.C3H9N.C2H6/c1-5-9-19(6-2)16-23-22(27)24-14-12-20(13-15-24)25(18(4)26)21-11-8-7-10-17(21)3;1-3-5-7-9-8-6-4-2;1-2-3-4;1-2/h5-11,20H,12-16H2,1-4H3,(H,23,27);3-4,6-7,9H,1,5,8H2,2H3;2-4H2,1H3;1-2H3/b9-5-,19-6+;6-4-,9-7-;;. The number of rotatable bonds is 10. The molecule has 0 radical (unpaired) electrons. The third-order valence-electron chi connectivity index (χ3n) is 6.29. The van der Waals surface area contributed by atoms with Crippen LogP contribution in [0.4, 0.5) is 5.69 Å². The molecule has 0 atom stereocenters. The average molecular weight is 597 g/mol. The predicted molar refractivity (Wildman–Crippen MR) is 192 cm³/mol. The van der Waals surface area contributed by atoms with Gasteiger partial charge in [0.05, 0.1) is 0 Å². The summed E-state index contributed by atoms with van der Waals surface area (Å²) in [6, 6.07) is 8.32. The monoisotopic (exact) mass is 596 g/mol. The molecule has 236 valence electrons. The van der Waals surface area contributed by atoms with Crippen molar-refractivity contribution in [2.24, 2.45) is 5.73 Å². The first-order chi connectivity index (χ1) is 20.3. The largest absolute Gasteiger partial charge is 0.359 e. The fourth-order valence-electron chi connectivity index (χ4n) is 4.05. The van der Waals surface area contributed by atoms with Gasteiger partial charge in [0.2, 0.25) is 5.91 Å². The molecule has 1 aliphatic rings. The Bertz CT molecular complexity index is 970. The van der Waals surface area contributed by atoms with Crippen molar-refractivity contribution in [3.63, 3.8) is 0 Å². The minimum Gasteiger partial charge on any atom is -0.359 e. The Morgan fingerprint density at radius 1 is 1.10 bits per heavy atom. The van der Waals surface area contributed by atoms with Gasteiger partial charge in [0.25, 0.3) is 0 Å². The van der Waals surface area contributed by atoms with E-state index in [1.54, 1.807) is 6.92 Å². The van der Waals surface area contributed by atoms with E-state index in [-0.39, 0.29) is 11.9 Å². The van der Waals surface area contributed by atoms with Gasteiger partial charge in [0.15, 0.2) is 5.11 Å². The van der Waals surface area contributed by atoms with E-state index in [1.165, 1.54) is 5.57 Å². The summed E-state index contributed by atoms with van der Waals surface area (Å²) in [5.74, 6) is 0.104. The maximum Gasteiger partial charge on any atom is 0.224 e. The van der Waals surface area contributed by atoms with Gasteiger partial charge in [-0.3, -0.25) is 4.79 Å². The number of allylic oxidation sites excluding steroid dienone is 7. The summed E-state index contributed by atoms with van der Waals surface area (Å²) < 4.78 is 0. The lowest BCUT2D eigenvalue weighted by Gasteiger charge is -2.39. The second-order valence-electron chi connectivity index (χ2n) is 9.51. The third-order valence-corrected chi connectivity index (χ3v) is 6.69. The number of likely N-dealkylation sites (tertiary alicyclic amines) is 1. The van der Waals surface area contributed by atoms with E-state index >= 15 is 0 Å². The van der Waals surface area contributed by atoms with Gasteiger partial charge >= 0.3 is 0 Å². The Morgan fingerprint density at radius 2 is 1.69 bits per heavy atom. The van der Waals surface area contributed by atoms with Gasteiger partial charge in [0, 0.05) is 38.3 Å². The first-order valence-corrected chi connectivity index (χ1v) is 15.9. The van der Waals surface area contributed by atoms with Crippen molar-refractivity contribution in [3.05, 3.63) is 90.6 Å². The number of carbonyl (C=O) groups excluding carboxylic acids is 1. The minimum absolute atomic E-state index is 0.104. The summed E-state index contributed by atoms with van der Waals surface area (Å²) in [7, 11) is 0. The number of carbonyl (C=O) groups is 1. The number of nitrogens with one attached hydrogen (secondary N) is 1. The Balaban J connectivity index is 0. The quantitative estimate of drug-likeness (QED) is 0.161. The molecule has 6 heteroatoms. The molecule has 1 amide bonds. The maximum absolute atomic E-state index is 12.3. The number of nitrogens with zero attached hydrogens (tertiary/aromatic N) is 2. The number of para-hydroxylation sites is 1. The van der Waals surface area contributed by atoms with Crippen LogP contribution >= 0.6 is 12.2 Å². The van der Waals surface area contributed by atoms with Gasteiger partial charge in [0.1, 0.15) is 0 Å². The summed E-state index contributed by atoms with van der Waals surface area (Å²) in [5, 5.41) is 4.15. The van der Waals surface area contributed by atoms with Crippen LogP contribution in [0.3, 0.4) is 0 Å². The molecular weight excluding hydrogens is 536 g/mol. The predicted octanol–water partition coefficient (Wildman–Crippen LogP) is 8.68. The molecule has 0 aliphatic carbocycles. The number of anilines is 1. The summed E-state index contributed by atoms with van der Waals surface area (Å²) in [6.07, 6.45) is 21.5. The molecule has 1 aromatic rings. The van der Waals surface area contributed by atoms with Crippen LogP contribution in [-0.4, -0.2) is 48.1 Å². The van der Waals surface area contributed by atoms with Crippen molar-refractivity contribution in [1.29, 1.82) is 0 Å². The van der Waals surface area contributed by atoms with E-state index in [9.17, 15) is 4.79 Å². The highest BCUT2D eigenvalue weighted by Crippen LogP contribution is 2.27. The Kier molecular flexibility index (Phi) is 27.6. The van der Waals surface area contributed by atoms with Crippen LogP contribution in [0.5, 0.6) is 0 Å². The molecule has 0 saturated carbocycles. The van der Waals surface area contributed by atoms with Crippen molar-refractivity contribution in [2.75, 3.05) is 31.1 Å².